The minimum Gasteiger partial charge on any atom is -0.403 e. The first-order chi connectivity index (χ1) is 16.8. The summed E-state index contributed by atoms with van der Waals surface area (Å²) in [5, 5.41) is 0. The topological polar surface area (TPSA) is 40.2 Å². The Hall–Kier alpha value is -1.01. The Bertz CT molecular complexity index is 990. The minimum atomic E-state index is -0.313. The van der Waals surface area contributed by atoms with Crippen LogP contribution in [0.1, 0.15) is 117 Å². The van der Waals surface area contributed by atoms with Crippen LogP contribution in [-0.4, -0.2) is 49.7 Å². The first kappa shape index (κ1) is 25.3. The van der Waals surface area contributed by atoms with Crippen LogP contribution >= 0.6 is 0 Å². The van der Waals surface area contributed by atoms with Gasteiger partial charge in [-0.05, 0) is 134 Å². The Labute approximate surface area is 219 Å². The third-order valence-electron chi connectivity index (χ3n) is 10.9. The second kappa shape index (κ2) is 8.24. The molecule has 0 spiro atoms. The summed E-state index contributed by atoms with van der Waals surface area (Å²) in [5.74, 6) is 1.77. The van der Waals surface area contributed by atoms with Crippen molar-refractivity contribution < 1.29 is 18.6 Å². The molecule has 0 amide bonds. The standard InChI is InChI=1S/C29H45B2NO4/c1-26(2)27(3,4)34-30(33-26)21-15-17-32(18-16-21)23-14-13-22(31-35-28(5,6)29(7,8)36-31)24-19-9-11-20(12-10-19)25(23)24/h13-14,19-21H,9-12,15-18H2,1-8H3. The van der Waals surface area contributed by atoms with Crippen molar-refractivity contribution in [3.05, 3.63) is 23.3 Å². The summed E-state index contributed by atoms with van der Waals surface area (Å²) < 4.78 is 25.9. The van der Waals surface area contributed by atoms with Crippen molar-refractivity contribution in [1.29, 1.82) is 0 Å². The predicted molar refractivity (Wildman–Crippen MR) is 147 cm³/mol. The SMILES string of the molecule is CC1(C)OB(c2ccc(N3CCC(B4OC(C)(C)C(C)(C)O4)CC3)c3c2C2CCC3CC2)OC1(C)C. The molecule has 3 saturated heterocycles. The number of hydrogen-bond acceptors (Lipinski definition) is 5. The second-order valence-corrected chi connectivity index (χ2v) is 14.1. The van der Waals surface area contributed by atoms with E-state index < -0.39 is 0 Å². The van der Waals surface area contributed by atoms with E-state index in [1.165, 1.54) is 36.8 Å². The van der Waals surface area contributed by atoms with Crippen molar-refractivity contribution in [1.82, 2.24) is 0 Å². The highest BCUT2D eigenvalue weighted by atomic mass is 16.7. The van der Waals surface area contributed by atoms with Gasteiger partial charge in [0.05, 0.1) is 22.4 Å². The normalized spacial score (nSPS) is 32.3. The van der Waals surface area contributed by atoms with Crippen LogP contribution in [0.15, 0.2) is 12.1 Å². The lowest BCUT2D eigenvalue weighted by atomic mass is 9.60. The molecule has 7 heteroatoms. The van der Waals surface area contributed by atoms with Crippen molar-refractivity contribution in [3.8, 4) is 0 Å². The lowest BCUT2D eigenvalue weighted by Gasteiger charge is -2.44. The quantitative estimate of drug-likeness (QED) is 0.498. The van der Waals surface area contributed by atoms with Gasteiger partial charge in [-0.25, -0.2) is 0 Å². The van der Waals surface area contributed by atoms with Crippen molar-refractivity contribution >= 4 is 25.4 Å². The molecule has 4 fully saturated rings. The number of nitrogens with zero attached hydrogens (tertiary/aromatic N) is 1. The van der Waals surface area contributed by atoms with Gasteiger partial charge >= 0.3 is 14.2 Å². The van der Waals surface area contributed by atoms with Crippen LogP contribution in [0.4, 0.5) is 5.69 Å². The summed E-state index contributed by atoms with van der Waals surface area (Å²) in [5.41, 5.74) is 4.78. The zero-order chi connectivity index (χ0) is 25.7. The first-order valence-corrected chi connectivity index (χ1v) is 14.4. The maximum Gasteiger partial charge on any atom is 0.495 e. The highest BCUT2D eigenvalue weighted by molar-refractivity contribution is 6.62. The van der Waals surface area contributed by atoms with Crippen LogP contribution in [-0.2, 0) is 18.6 Å². The Balaban J connectivity index is 1.26. The number of hydrogen-bond donors (Lipinski definition) is 0. The molecule has 0 atom stereocenters. The third-order valence-corrected chi connectivity index (χ3v) is 10.9. The molecule has 0 N–H and O–H groups in total. The van der Waals surface area contributed by atoms with Gasteiger partial charge in [0.1, 0.15) is 0 Å². The third kappa shape index (κ3) is 3.82. The minimum absolute atomic E-state index is 0.0900. The van der Waals surface area contributed by atoms with E-state index in [4.69, 9.17) is 18.6 Å². The van der Waals surface area contributed by atoms with Crippen LogP contribution in [0.5, 0.6) is 0 Å². The molecule has 1 saturated carbocycles. The van der Waals surface area contributed by atoms with Gasteiger partial charge in [-0.2, -0.15) is 0 Å². The van der Waals surface area contributed by atoms with E-state index in [-0.39, 0.29) is 36.6 Å². The Morgan fingerprint density at radius 3 is 1.64 bits per heavy atom. The van der Waals surface area contributed by atoms with Crippen molar-refractivity contribution in [2.75, 3.05) is 18.0 Å². The number of rotatable bonds is 3. The molecule has 2 bridgehead atoms. The molecule has 7 rings (SSSR count). The van der Waals surface area contributed by atoms with Crippen LogP contribution < -0.4 is 10.4 Å². The maximum absolute atomic E-state index is 6.55. The fourth-order valence-corrected chi connectivity index (χ4v) is 7.14. The molecule has 1 aromatic rings. The summed E-state index contributed by atoms with van der Waals surface area (Å²) in [6, 6.07) is 4.71. The van der Waals surface area contributed by atoms with E-state index in [1.54, 1.807) is 11.1 Å². The maximum atomic E-state index is 6.55. The highest BCUT2D eigenvalue weighted by Crippen LogP contribution is 2.53. The lowest BCUT2D eigenvalue weighted by Crippen LogP contribution is -2.43. The van der Waals surface area contributed by atoms with E-state index in [1.807, 2.05) is 0 Å². The van der Waals surface area contributed by atoms with Crippen LogP contribution in [0.25, 0.3) is 0 Å². The van der Waals surface area contributed by atoms with E-state index in [0.717, 1.165) is 25.9 Å². The monoisotopic (exact) mass is 493 g/mol. The zero-order valence-corrected chi connectivity index (χ0v) is 23.8. The van der Waals surface area contributed by atoms with E-state index in [0.29, 0.717) is 17.7 Å². The molecule has 3 heterocycles. The molecule has 1 aromatic carbocycles. The van der Waals surface area contributed by atoms with Crippen LogP contribution in [0.2, 0.25) is 5.82 Å². The second-order valence-electron chi connectivity index (χ2n) is 14.1. The molecule has 0 unspecified atom stereocenters. The molecule has 6 aliphatic rings. The van der Waals surface area contributed by atoms with Gasteiger partial charge < -0.3 is 23.5 Å². The molecule has 3 aliphatic heterocycles. The molecule has 0 radical (unpaired) electrons. The van der Waals surface area contributed by atoms with Crippen LogP contribution in [0, 0.1) is 0 Å². The van der Waals surface area contributed by atoms with Gasteiger partial charge in [0.25, 0.3) is 0 Å². The van der Waals surface area contributed by atoms with E-state index in [9.17, 15) is 0 Å². The molecule has 196 valence electrons. The average Bonchev–Trinajstić information content (AvgIpc) is 3.18. The number of anilines is 1. The predicted octanol–water partition coefficient (Wildman–Crippen LogP) is 5.80. The Morgan fingerprint density at radius 1 is 0.639 bits per heavy atom. The summed E-state index contributed by atoms with van der Waals surface area (Å²) in [6.07, 6.45) is 7.47. The largest absolute Gasteiger partial charge is 0.495 e. The van der Waals surface area contributed by atoms with Gasteiger partial charge in [-0.1, -0.05) is 6.07 Å². The van der Waals surface area contributed by atoms with Crippen molar-refractivity contribution in [2.45, 2.75) is 134 Å². The number of fused-ring (bicyclic) bond motifs is 2. The number of piperidine rings is 1. The molecule has 5 nitrogen and oxygen atoms in total. The van der Waals surface area contributed by atoms with Gasteiger partial charge in [0.15, 0.2) is 0 Å². The molecule has 0 aromatic heterocycles. The van der Waals surface area contributed by atoms with Gasteiger partial charge in [-0.3, -0.25) is 0 Å². The van der Waals surface area contributed by atoms with Gasteiger partial charge in [-0.15, -0.1) is 0 Å². The fraction of sp³-hybridized carbons (Fsp3) is 0.793. The molecule has 36 heavy (non-hydrogen) atoms. The fourth-order valence-electron chi connectivity index (χ4n) is 7.14. The molecular formula is C29H45B2NO4. The summed E-state index contributed by atoms with van der Waals surface area (Å²) in [4.78, 5) is 2.65. The summed E-state index contributed by atoms with van der Waals surface area (Å²) in [6.45, 7) is 19.4. The van der Waals surface area contributed by atoms with Crippen molar-refractivity contribution in [3.63, 3.8) is 0 Å². The summed E-state index contributed by atoms with van der Waals surface area (Å²) >= 11 is 0. The van der Waals surface area contributed by atoms with E-state index >= 15 is 0 Å². The molecule has 3 aliphatic carbocycles. The van der Waals surface area contributed by atoms with Gasteiger partial charge in [0.2, 0.25) is 0 Å². The Morgan fingerprint density at radius 2 is 1.11 bits per heavy atom. The highest BCUT2D eigenvalue weighted by Gasteiger charge is 2.55. The zero-order valence-electron chi connectivity index (χ0n) is 23.8. The number of benzene rings is 1. The molecular weight excluding hydrogens is 448 g/mol. The lowest BCUT2D eigenvalue weighted by molar-refractivity contribution is 0.00578. The van der Waals surface area contributed by atoms with Crippen molar-refractivity contribution in [2.24, 2.45) is 0 Å². The smallest absolute Gasteiger partial charge is 0.403 e. The van der Waals surface area contributed by atoms with Gasteiger partial charge in [0, 0.05) is 18.8 Å². The van der Waals surface area contributed by atoms with Crippen LogP contribution in [0.3, 0.4) is 0 Å². The first-order valence-electron chi connectivity index (χ1n) is 14.4. The van der Waals surface area contributed by atoms with E-state index in [2.05, 4.69) is 72.4 Å². The summed E-state index contributed by atoms with van der Waals surface area (Å²) in [7, 11) is -0.362. The Kier molecular flexibility index (Phi) is 5.79. The average molecular weight is 493 g/mol.